The van der Waals surface area contributed by atoms with Crippen molar-refractivity contribution in [2.75, 3.05) is 151 Å². The van der Waals surface area contributed by atoms with Crippen LogP contribution in [0.15, 0.2) is 0 Å². The van der Waals surface area contributed by atoms with Crippen molar-refractivity contribution in [3.63, 3.8) is 0 Å². The number of nitrogens with zero attached hydrogens (tertiary/aromatic N) is 10. The van der Waals surface area contributed by atoms with Gasteiger partial charge in [-0.2, -0.15) is 0 Å². The molecule has 0 aliphatic carbocycles. The quantitative estimate of drug-likeness (QED) is 0.153. The van der Waals surface area contributed by atoms with Crippen LogP contribution >= 0.6 is 0 Å². The maximum Gasteiger partial charge on any atom is 0.236 e. The van der Waals surface area contributed by atoms with Gasteiger partial charge in [-0.3, -0.25) is 48.3 Å². The highest BCUT2D eigenvalue weighted by Gasteiger charge is 2.24. The van der Waals surface area contributed by atoms with Gasteiger partial charge >= 0.3 is 0 Å². The van der Waals surface area contributed by atoms with Crippen molar-refractivity contribution in [1.29, 1.82) is 0 Å². The van der Waals surface area contributed by atoms with Crippen molar-refractivity contribution in [1.82, 2.24) is 49.0 Å². The van der Waals surface area contributed by atoms with Gasteiger partial charge in [0.15, 0.2) is 0 Å². The van der Waals surface area contributed by atoms with E-state index in [1.54, 1.807) is 113 Å². The standard InChI is InChI=1S/C17H34N6O4.C12H24N4O3/c1-18(2)14(24)9-22(10-15(25)19(3)4)13-23(11-16(26)20(5)6)12-17(27)21(7)8;1-13(2)10(17)7-16(8-11(18)14(3)4)9-12(19)15(5)6/h9-13H2,1-8H3;7-9H2,1-6H3. The normalized spacial score (nSPS) is 10.5. The smallest absolute Gasteiger partial charge is 0.236 e. The molecule has 0 heterocycles. The van der Waals surface area contributed by atoms with Crippen LogP contribution in [0.1, 0.15) is 0 Å². The van der Waals surface area contributed by atoms with E-state index in [9.17, 15) is 33.6 Å². The van der Waals surface area contributed by atoms with Crippen LogP contribution in [0.25, 0.3) is 0 Å². The van der Waals surface area contributed by atoms with Gasteiger partial charge in [0, 0.05) is 98.7 Å². The van der Waals surface area contributed by atoms with Crippen molar-refractivity contribution in [2.24, 2.45) is 0 Å². The Morgan fingerprint density at radius 3 is 0.522 bits per heavy atom. The Labute approximate surface area is 275 Å². The van der Waals surface area contributed by atoms with Gasteiger partial charge in [0.05, 0.1) is 52.5 Å². The topological polar surface area (TPSA) is 152 Å². The lowest BCUT2D eigenvalue weighted by molar-refractivity contribution is -0.138. The Balaban J connectivity index is 0. The number of rotatable bonds is 16. The molecule has 266 valence electrons. The second-order valence-corrected chi connectivity index (χ2v) is 12.3. The van der Waals surface area contributed by atoms with Crippen LogP contribution in [0.4, 0.5) is 0 Å². The minimum atomic E-state index is -0.167. The van der Waals surface area contributed by atoms with Crippen LogP contribution in [0.2, 0.25) is 0 Å². The molecule has 17 nitrogen and oxygen atoms in total. The first-order valence-corrected chi connectivity index (χ1v) is 14.6. The fourth-order valence-electron chi connectivity index (χ4n) is 3.09. The minimum Gasteiger partial charge on any atom is -0.348 e. The Morgan fingerprint density at radius 2 is 0.391 bits per heavy atom. The molecule has 0 aliphatic rings. The van der Waals surface area contributed by atoms with Gasteiger partial charge in [-0.1, -0.05) is 0 Å². The first kappa shape index (κ1) is 44.3. The zero-order valence-electron chi connectivity index (χ0n) is 30.5. The van der Waals surface area contributed by atoms with E-state index in [1.807, 2.05) is 0 Å². The van der Waals surface area contributed by atoms with Gasteiger partial charge < -0.3 is 34.3 Å². The first-order valence-electron chi connectivity index (χ1n) is 14.6. The summed E-state index contributed by atoms with van der Waals surface area (Å²) in [5, 5.41) is 0. The third-order valence-corrected chi connectivity index (χ3v) is 6.40. The van der Waals surface area contributed by atoms with Crippen LogP contribution < -0.4 is 0 Å². The van der Waals surface area contributed by atoms with Crippen LogP contribution in [0, 0.1) is 0 Å². The summed E-state index contributed by atoms with van der Waals surface area (Å²) in [6, 6.07) is 0. The summed E-state index contributed by atoms with van der Waals surface area (Å²) in [4.78, 5) is 98.5. The van der Waals surface area contributed by atoms with Gasteiger partial charge in [0.1, 0.15) is 0 Å². The molecule has 0 aromatic rings. The fourth-order valence-corrected chi connectivity index (χ4v) is 3.09. The van der Waals surface area contributed by atoms with Crippen LogP contribution in [-0.2, 0) is 33.6 Å². The molecule has 0 saturated heterocycles. The van der Waals surface area contributed by atoms with Gasteiger partial charge in [0.2, 0.25) is 41.4 Å². The summed E-state index contributed by atoms with van der Waals surface area (Å²) < 4.78 is 0. The minimum absolute atomic E-state index is 0.00932. The van der Waals surface area contributed by atoms with E-state index in [2.05, 4.69) is 0 Å². The second kappa shape index (κ2) is 21.8. The van der Waals surface area contributed by atoms with E-state index < -0.39 is 0 Å². The predicted molar refractivity (Wildman–Crippen MR) is 175 cm³/mol. The average molecular weight is 659 g/mol. The molecule has 0 aliphatic heterocycles. The number of hydrogen-bond acceptors (Lipinski definition) is 10. The molecule has 17 heteroatoms. The third kappa shape index (κ3) is 19.5. The molecule has 0 radical (unpaired) electrons. The van der Waals surface area contributed by atoms with Crippen LogP contribution in [0.5, 0.6) is 0 Å². The fraction of sp³-hybridized carbons (Fsp3) is 0.759. The number of carbonyl (C=O) groups is 7. The summed E-state index contributed by atoms with van der Waals surface area (Å²) >= 11 is 0. The molecule has 0 N–H and O–H groups in total. The lowest BCUT2D eigenvalue weighted by Gasteiger charge is -2.31. The molecule has 0 atom stereocenters. The number of carbonyl (C=O) groups excluding carboxylic acids is 7. The second-order valence-electron chi connectivity index (χ2n) is 12.3. The summed E-state index contributed by atoms with van der Waals surface area (Å²) in [5.41, 5.74) is 0. The Bertz CT molecular complexity index is 888. The predicted octanol–water partition coefficient (Wildman–Crippen LogP) is -3.55. The number of likely N-dealkylation sites (N-methyl/N-ethyl adjacent to an activating group) is 7. The third-order valence-electron chi connectivity index (χ3n) is 6.40. The lowest BCUT2D eigenvalue weighted by atomic mass is 10.3. The molecule has 0 fully saturated rings. The molecular weight excluding hydrogens is 600 g/mol. The van der Waals surface area contributed by atoms with Crippen molar-refractivity contribution < 1.29 is 33.6 Å². The highest BCUT2D eigenvalue weighted by Crippen LogP contribution is 2.01. The monoisotopic (exact) mass is 658 g/mol. The Morgan fingerprint density at radius 1 is 0.261 bits per heavy atom. The van der Waals surface area contributed by atoms with E-state index >= 15 is 0 Å². The lowest BCUT2D eigenvalue weighted by Crippen LogP contribution is -2.51. The van der Waals surface area contributed by atoms with Gasteiger partial charge in [-0.05, 0) is 0 Å². The zero-order valence-corrected chi connectivity index (χ0v) is 30.5. The molecule has 0 bridgehead atoms. The zero-order chi connectivity index (χ0) is 36.5. The summed E-state index contributed by atoms with van der Waals surface area (Å²) in [5.74, 6) is -1.09. The van der Waals surface area contributed by atoms with Crippen LogP contribution in [0.3, 0.4) is 0 Å². The Kier molecular flexibility index (Phi) is 21.0. The molecule has 7 amide bonds. The highest BCUT2D eigenvalue weighted by molar-refractivity contribution is 5.84. The van der Waals surface area contributed by atoms with E-state index in [0.717, 1.165) is 0 Å². The molecule has 46 heavy (non-hydrogen) atoms. The Hall–Kier alpha value is -3.83. The van der Waals surface area contributed by atoms with E-state index in [0.29, 0.717) is 0 Å². The van der Waals surface area contributed by atoms with E-state index in [1.165, 1.54) is 34.3 Å². The van der Waals surface area contributed by atoms with Gasteiger partial charge in [-0.15, -0.1) is 0 Å². The summed E-state index contributed by atoms with van der Waals surface area (Å²) in [7, 11) is 22.9. The maximum absolute atomic E-state index is 12.1. The molecular formula is C29H58N10O7. The molecule has 0 aromatic carbocycles. The van der Waals surface area contributed by atoms with Crippen molar-refractivity contribution in [2.45, 2.75) is 0 Å². The van der Waals surface area contributed by atoms with Crippen LogP contribution in [-0.4, -0.2) is 241 Å². The summed E-state index contributed by atoms with van der Waals surface area (Å²) in [6.07, 6.45) is 0. The van der Waals surface area contributed by atoms with Crippen molar-refractivity contribution in [3.05, 3.63) is 0 Å². The van der Waals surface area contributed by atoms with Crippen molar-refractivity contribution in [3.8, 4) is 0 Å². The molecule has 0 unspecified atom stereocenters. The first-order chi connectivity index (χ1) is 21.0. The van der Waals surface area contributed by atoms with E-state index in [-0.39, 0.29) is 93.8 Å². The summed E-state index contributed by atoms with van der Waals surface area (Å²) in [6.45, 7) is 0.318. The highest BCUT2D eigenvalue weighted by atomic mass is 16.2. The number of amides is 7. The maximum atomic E-state index is 12.1. The average Bonchev–Trinajstić information content (AvgIpc) is 2.92. The van der Waals surface area contributed by atoms with Gasteiger partial charge in [0.25, 0.3) is 0 Å². The molecule has 0 spiro atoms. The molecule has 0 rings (SSSR count). The molecule has 0 aromatic heterocycles. The number of hydrogen-bond donors (Lipinski definition) is 0. The largest absolute Gasteiger partial charge is 0.348 e. The van der Waals surface area contributed by atoms with E-state index in [4.69, 9.17) is 0 Å². The van der Waals surface area contributed by atoms with Gasteiger partial charge in [-0.25, -0.2) is 0 Å². The SMILES string of the molecule is CN(C)C(=O)CN(CC(=O)N(C)C)CC(=O)N(C)C.CN(C)C(=O)CN(CC(=O)N(C)C)CN(CC(=O)N(C)C)CC(=O)N(C)C. The van der Waals surface area contributed by atoms with Crippen molar-refractivity contribution >= 4 is 41.4 Å². The molecule has 0 saturated carbocycles.